The van der Waals surface area contributed by atoms with Crippen molar-refractivity contribution in [2.45, 2.75) is 10.9 Å². The van der Waals surface area contributed by atoms with E-state index < -0.39 is 0 Å². The fraction of sp³-hybridized carbons (Fsp3) is 0.0556. The molecular weight excluding hydrogens is 338 g/mol. The van der Waals surface area contributed by atoms with Gasteiger partial charge in [0, 0.05) is 16.7 Å². The van der Waals surface area contributed by atoms with Gasteiger partial charge >= 0.3 is 0 Å². The summed E-state index contributed by atoms with van der Waals surface area (Å²) in [5.41, 5.74) is 2.72. The van der Waals surface area contributed by atoms with Crippen molar-refractivity contribution in [3.63, 3.8) is 0 Å². The highest BCUT2D eigenvalue weighted by Gasteiger charge is 2.07. The first-order chi connectivity index (χ1) is 11.8. The van der Waals surface area contributed by atoms with Gasteiger partial charge in [-0.15, -0.1) is 11.3 Å². The molecule has 6 heteroatoms. The predicted molar refractivity (Wildman–Crippen MR) is 99.5 cm³/mol. The Bertz CT molecular complexity index is 1040. The summed E-state index contributed by atoms with van der Waals surface area (Å²) < 4.78 is 0. The zero-order valence-electron chi connectivity index (χ0n) is 12.6. The molecule has 24 heavy (non-hydrogen) atoms. The highest BCUT2D eigenvalue weighted by molar-refractivity contribution is 7.98. The number of benzene rings is 2. The predicted octanol–water partition coefficient (Wildman–Crippen LogP) is 4.34. The van der Waals surface area contributed by atoms with Crippen molar-refractivity contribution in [2.24, 2.45) is 0 Å². The highest BCUT2D eigenvalue weighted by Crippen LogP contribution is 2.26. The fourth-order valence-corrected chi connectivity index (χ4v) is 4.05. The van der Waals surface area contributed by atoms with Crippen molar-refractivity contribution < 1.29 is 0 Å². The van der Waals surface area contributed by atoms with E-state index in [0.717, 1.165) is 16.3 Å². The Morgan fingerprint density at radius 2 is 1.79 bits per heavy atom. The van der Waals surface area contributed by atoms with E-state index in [2.05, 4.69) is 32.5 Å². The van der Waals surface area contributed by atoms with E-state index in [1.54, 1.807) is 17.4 Å². The van der Waals surface area contributed by atoms with Crippen LogP contribution >= 0.6 is 23.1 Å². The Hall–Kier alpha value is -2.44. The molecule has 4 aromatic rings. The van der Waals surface area contributed by atoms with Gasteiger partial charge in [-0.1, -0.05) is 54.2 Å². The molecule has 0 spiro atoms. The molecule has 0 aliphatic heterocycles. The van der Waals surface area contributed by atoms with Crippen molar-refractivity contribution in [1.29, 1.82) is 0 Å². The van der Waals surface area contributed by atoms with Crippen LogP contribution in [0.4, 0.5) is 0 Å². The lowest BCUT2D eigenvalue weighted by Crippen LogP contribution is -2.08. The minimum Gasteiger partial charge on any atom is -0.301 e. The van der Waals surface area contributed by atoms with Gasteiger partial charge in [0.25, 0.3) is 5.56 Å². The largest absolute Gasteiger partial charge is 0.301 e. The lowest BCUT2D eigenvalue weighted by molar-refractivity contribution is 0.972. The fourth-order valence-electron chi connectivity index (χ4n) is 2.36. The molecule has 0 amide bonds. The minimum absolute atomic E-state index is 0.105. The summed E-state index contributed by atoms with van der Waals surface area (Å²) in [7, 11) is 0. The number of nitrogens with one attached hydrogen (secondary N) is 1. The van der Waals surface area contributed by atoms with E-state index in [9.17, 15) is 4.79 Å². The standard InChI is InChI=1S/C18H13N3OS2/c22-16-14-8-4-5-9-15(14)20-18(21-16)24-11-13-10-23-17(19-13)12-6-2-1-3-7-12/h1-10H,11H2,(H,20,21,22). The average Bonchev–Trinajstić information content (AvgIpc) is 3.10. The van der Waals surface area contributed by atoms with Gasteiger partial charge in [0.1, 0.15) is 5.01 Å². The Balaban J connectivity index is 1.53. The number of rotatable bonds is 4. The Labute approximate surface area is 146 Å². The number of H-pyrrole nitrogens is 1. The molecule has 0 radical (unpaired) electrons. The summed E-state index contributed by atoms with van der Waals surface area (Å²) in [6.45, 7) is 0. The Morgan fingerprint density at radius 3 is 2.67 bits per heavy atom. The van der Waals surface area contributed by atoms with Crippen molar-refractivity contribution >= 4 is 34.0 Å². The molecule has 0 unspecified atom stereocenters. The molecule has 0 bridgehead atoms. The zero-order valence-corrected chi connectivity index (χ0v) is 14.2. The van der Waals surface area contributed by atoms with Crippen molar-refractivity contribution in [3.8, 4) is 10.6 Å². The van der Waals surface area contributed by atoms with E-state index in [1.807, 2.05) is 36.4 Å². The van der Waals surface area contributed by atoms with Gasteiger partial charge in [-0.25, -0.2) is 9.97 Å². The number of aromatic amines is 1. The normalized spacial score (nSPS) is 11.0. The molecule has 1 N–H and O–H groups in total. The molecule has 118 valence electrons. The van der Waals surface area contributed by atoms with Gasteiger partial charge in [0.05, 0.1) is 16.6 Å². The summed E-state index contributed by atoms with van der Waals surface area (Å²) in [5.74, 6) is 0.671. The van der Waals surface area contributed by atoms with Gasteiger partial charge in [-0.2, -0.15) is 0 Å². The molecule has 0 fully saturated rings. The monoisotopic (exact) mass is 351 g/mol. The first-order valence-corrected chi connectivity index (χ1v) is 9.28. The average molecular weight is 351 g/mol. The van der Waals surface area contributed by atoms with E-state index in [0.29, 0.717) is 21.8 Å². The molecule has 0 atom stereocenters. The van der Waals surface area contributed by atoms with Crippen LogP contribution in [0.15, 0.2) is 69.9 Å². The third-order valence-electron chi connectivity index (χ3n) is 3.52. The second-order valence-electron chi connectivity index (χ2n) is 5.19. The summed E-state index contributed by atoms with van der Waals surface area (Å²) in [6.07, 6.45) is 0. The van der Waals surface area contributed by atoms with Gasteiger partial charge in [-0.3, -0.25) is 4.79 Å². The van der Waals surface area contributed by atoms with Crippen LogP contribution in [0.5, 0.6) is 0 Å². The van der Waals surface area contributed by atoms with Crippen LogP contribution < -0.4 is 5.56 Å². The molecule has 0 aliphatic carbocycles. The molecule has 2 heterocycles. The SMILES string of the molecule is O=c1[nH]c(SCc2csc(-c3ccccc3)n2)nc2ccccc12. The topological polar surface area (TPSA) is 58.6 Å². The first-order valence-electron chi connectivity index (χ1n) is 7.41. The third-order valence-corrected chi connectivity index (χ3v) is 5.37. The van der Waals surface area contributed by atoms with E-state index in [1.165, 1.54) is 11.8 Å². The van der Waals surface area contributed by atoms with Crippen LogP contribution in [0.1, 0.15) is 5.69 Å². The van der Waals surface area contributed by atoms with Crippen molar-refractivity contribution in [1.82, 2.24) is 15.0 Å². The Morgan fingerprint density at radius 1 is 1.00 bits per heavy atom. The summed E-state index contributed by atoms with van der Waals surface area (Å²) in [6, 6.07) is 17.5. The van der Waals surface area contributed by atoms with Crippen LogP contribution in [0, 0.1) is 0 Å². The van der Waals surface area contributed by atoms with Crippen LogP contribution in [-0.4, -0.2) is 15.0 Å². The molecule has 0 saturated carbocycles. The maximum Gasteiger partial charge on any atom is 0.259 e. The maximum absolute atomic E-state index is 12.1. The lowest BCUT2D eigenvalue weighted by atomic mass is 10.2. The molecular formula is C18H13N3OS2. The molecule has 4 nitrogen and oxygen atoms in total. The highest BCUT2D eigenvalue weighted by atomic mass is 32.2. The van der Waals surface area contributed by atoms with Gasteiger partial charge in [0.2, 0.25) is 0 Å². The zero-order chi connectivity index (χ0) is 16.4. The van der Waals surface area contributed by atoms with Crippen LogP contribution in [0.3, 0.4) is 0 Å². The van der Waals surface area contributed by atoms with Crippen molar-refractivity contribution in [3.05, 3.63) is 76.0 Å². The van der Waals surface area contributed by atoms with Crippen LogP contribution in [0.25, 0.3) is 21.5 Å². The molecule has 2 aromatic carbocycles. The number of aromatic nitrogens is 3. The number of hydrogen-bond acceptors (Lipinski definition) is 5. The number of para-hydroxylation sites is 1. The first kappa shape index (κ1) is 15.1. The molecule has 0 aliphatic rings. The van der Waals surface area contributed by atoms with Crippen molar-refractivity contribution in [2.75, 3.05) is 0 Å². The molecule has 2 aromatic heterocycles. The second-order valence-corrected chi connectivity index (χ2v) is 7.01. The van der Waals surface area contributed by atoms with Gasteiger partial charge in [0.15, 0.2) is 5.16 Å². The minimum atomic E-state index is -0.105. The number of nitrogens with zero attached hydrogens (tertiary/aromatic N) is 2. The van der Waals surface area contributed by atoms with E-state index in [4.69, 9.17) is 0 Å². The second kappa shape index (κ2) is 6.59. The van der Waals surface area contributed by atoms with E-state index in [-0.39, 0.29) is 5.56 Å². The van der Waals surface area contributed by atoms with Gasteiger partial charge in [-0.05, 0) is 12.1 Å². The molecule has 4 rings (SSSR count). The summed E-state index contributed by atoms with van der Waals surface area (Å²) >= 11 is 3.12. The smallest absolute Gasteiger partial charge is 0.259 e. The number of thiazole rings is 1. The number of fused-ring (bicyclic) bond motifs is 1. The number of hydrogen-bond donors (Lipinski definition) is 1. The number of thioether (sulfide) groups is 1. The lowest BCUT2D eigenvalue weighted by Gasteiger charge is -2.01. The Kier molecular flexibility index (Phi) is 4.15. The van der Waals surface area contributed by atoms with E-state index >= 15 is 0 Å². The summed E-state index contributed by atoms with van der Waals surface area (Å²) in [4.78, 5) is 24.1. The van der Waals surface area contributed by atoms with Crippen LogP contribution in [0.2, 0.25) is 0 Å². The maximum atomic E-state index is 12.1. The quantitative estimate of drug-likeness (QED) is 0.439. The molecule has 0 saturated heterocycles. The van der Waals surface area contributed by atoms with Gasteiger partial charge < -0.3 is 4.98 Å². The summed E-state index contributed by atoms with van der Waals surface area (Å²) in [5, 5.41) is 4.29. The van der Waals surface area contributed by atoms with Crippen LogP contribution in [-0.2, 0) is 5.75 Å². The third kappa shape index (κ3) is 3.11.